The normalized spacial score (nSPS) is 8.36. The van der Waals surface area contributed by atoms with E-state index in [4.69, 9.17) is 10.2 Å². The summed E-state index contributed by atoms with van der Waals surface area (Å²) in [6.45, 7) is 0. The van der Waals surface area contributed by atoms with Gasteiger partial charge in [0.25, 0.3) is 0 Å². The Morgan fingerprint density at radius 3 is 2.18 bits per heavy atom. The van der Waals surface area contributed by atoms with Gasteiger partial charge in [0.1, 0.15) is 11.3 Å². The Bertz CT molecular complexity index is 255. The predicted molar refractivity (Wildman–Crippen MR) is 41.5 cm³/mol. The SMILES string of the molecule is O=C(O)c1ccccc1O.[CH3]. The fourth-order valence-electron chi connectivity index (χ4n) is 0.654. The van der Waals surface area contributed by atoms with Crippen LogP contribution in [0.1, 0.15) is 10.4 Å². The first-order chi connectivity index (χ1) is 4.72. The summed E-state index contributed by atoms with van der Waals surface area (Å²) in [7, 11) is 0. The van der Waals surface area contributed by atoms with Gasteiger partial charge in [0.2, 0.25) is 0 Å². The van der Waals surface area contributed by atoms with Gasteiger partial charge in [0, 0.05) is 0 Å². The van der Waals surface area contributed by atoms with E-state index in [9.17, 15) is 4.79 Å². The lowest BCUT2D eigenvalue weighted by Crippen LogP contribution is -1.95. The van der Waals surface area contributed by atoms with Crippen LogP contribution in [0.25, 0.3) is 0 Å². The van der Waals surface area contributed by atoms with Crippen molar-refractivity contribution >= 4 is 5.97 Å². The number of carboxylic acids is 1. The summed E-state index contributed by atoms with van der Waals surface area (Å²) >= 11 is 0. The van der Waals surface area contributed by atoms with Gasteiger partial charge >= 0.3 is 5.97 Å². The van der Waals surface area contributed by atoms with Crippen molar-refractivity contribution in [3.8, 4) is 5.75 Å². The summed E-state index contributed by atoms with van der Waals surface area (Å²) in [6, 6.07) is 5.81. The van der Waals surface area contributed by atoms with E-state index >= 15 is 0 Å². The molecule has 3 heteroatoms. The molecule has 0 amide bonds. The van der Waals surface area contributed by atoms with Gasteiger partial charge in [-0.25, -0.2) is 4.79 Å². The molecule has 1 rings (SSSR count). The van der Waals surface area contributed by atoms with Crippen molar-refractivity contribution in [2.45, 2.75) is 0 Å². The summed E-state index contributed by atoms with van der Waals surface area (Å²) in [5.74, 6) is -1.31. The number of carbonyl (C=O) groups is 1. The first-order valence-corrected chi connectivity index (χ1v) is 2.73. The van der Waals surface area contributed by atoms with Gasteiger partial charge in [-0.05, 0) is 12.1 Å². The van der Waals surface area contributed by atoms with Crippen molar-refractivity contribution < 1.29 is 15.0 Å². The van der Waals surface area contributed by atoms with Crippen LogP contribution in [0.3, 0.4) is 0 Å². The summed E-state index contributed by atoms with van der Waals surface area (Å²) in [5, 5.41) is 17.3. The average molecular weight is 153 g/mol. The number of hydrogen-bond acceptors (Lipinski definition) is 2. The molecule has 0 aliphatic heterocycles. The molecule has 0 aromatic heterocycles. The van der Waals surface area contributed by atoms with Crippen LogP contribution in [0.2, 0.25) is 0 Å². The molecule has 1 aromatic carbocycles. The predicted octanol–water partition coefficient (Wildman–Crippen LogP) is 1.54. The molecule has 0 bridgehead atoms. The van der Waals surface area contributed by atoms with Crippen LogP contribution in [0, 0.1) is 7.43 Å². The van der Waals surface area contributed by atoms with Crippen molar-refractivity contribution in [3.05, 3.63) is 37.3 Å². The summed E-state index contributed by atoms with van der Waals surface area (Å²) in [5.41, 5.74) is -0.0671. The Morgan fingerprint density at radius 1 is 1.27 bits per heavy atom. The Morgan fingerprint density at radius 2 is 1.82 bits per heavy atom. The zero-order valence-corrected chi connectivity index (χ0v) is 6.11. The molecule has 3 nitrogen and oxygen atoms in total. The minimum Gasteiger partial charge on any atom is -0.507 e. The third kappa shape index (κ3) is 1.97. The molecule has 11 heavy (non-hydrogen) atoms. The molecule has 2 N–H and O–H groups in total. The lowest BCUT2D eigenvalue weighted by molar-refractivity contribution is 0.0694. The Kier molecular flexibility index (Phi) is 3.11. The van der Waals surface area contributed by atoms with E-state index in [1.807, 2.05) is 0 Å². The minimum atomic E-state index is -1.11. The zero-order valence-electron chi connectivity index (χ0n) is 6.11. The van der Waals surface area contributed by atoms with Crippen molar-refractivity contribution in [2.24, 2.45) is 0 Å². The molecular weight excluding hydrogens is 144 g/mol. The number of carboxylic acid groups (broad SMARTS) is 1. The first-order valence-electron chi connectivity index (χ1n) is 2.73. The van der Waals surface area contributed by atoms with Crippen LogP contribution < -0.4 is 0 Å². The van der Waals surface area contributed by atoms with Gasteiger partial charge in [0.15, 0.2) is 0 Å². The highest BCUT2D eigenvalue weighted by Gasteiger charge is 2.05. The van der Waals surface area contributed by atoms with Gasteiger partial charge in [0.05, 0.1) is 0 Å². The molecule has 0 aliphatic rings. The Labute approximate surface area is 64.9 Å². The third-order valence-electron chi connectivity index (χ3n) is 1.13. The fourth-order valence-corrected chi connectivity index (χ4v) is 0.654. The Hall–Kier alpha value is -1.51. The third-order valence-corrected chi connectivity index (χ3v) is 1.13. The van der Waals surface area contributed by atoms with Gasteiger partial charge in [-0.3, -0.25) is 0 Å². The standard InChI is InChI=1S/C7H6O3.CH3/c8-6-4-2-1-3-5(6)7(9)10;/h1-4,8H,(H,9,10);1H3. The molecule has 1 aromatic rings. The van der Waals surface area contributed by atoms with Gasteiger partial charge in [-0.1, -0.05) is 19.6 Å². The molecular formula is C8H9O3. The number of para-hydroxylation sites is 1. The Balaban J connectivity index is 0.000001000. The fraction of sp³-hybridized carbons (Fsp3) is 0. The van der Waals surface area contributed by atoms with Crippen molar-refractivity contribution in [2.75, 3.05) is 0 Å². The highest BCUT2D eigenvalue weighted by atomic mass is 16.4. The van der Waals surface area contributed by atoms with Crippen molar-refractivity contribution in [1.29, 1.82) is 0 Å². The lowest BCUT2D eigenvalue weighted by atomic mass is 10.2. The highest BCUT2D eigenvalue weighted by Crippen LogP contribution is 2.14. The molecule has 0 saturated heterocycles. The van der Waals surface area contributed by atoms with E-state index in [0.29, 0.717) is 0 Å². The van der Waals surface area contributed by atoms with Crippen molar-refractivity contribution in [1.82, 2.24) is 0 Å². The topological polar surface area (TPSA) is 57.5 Å². The van der Waals surface area contributed by atoms with Crippen molar-refractivity contribution in [3.63, 3.8) is 0 Å². The number of aromatic carboxylic acids is 1. The van der Waals surface area contributed by atoms with E-state index in [2.05, 4.69) is 0 Å². The highest BCUT2D eigenvalue weighted by molar-refractivity contribution is 5.90. The first kappa shape index (κ1) is 9.49. The average Bonchev–Trinajstić information content (AvgIpc) is 1.88. The van der Waals surface area contributed by atoms with Crippen LogP contribution in [-0.4, -0.2) is 16.2 Å². The van der Waals surface area contributed by atoms with Gasteiger partial charge in [-0.2, -0.15) is 0 Å². The van der Waals surface area contributed by atoms with Gasteiger partial charge in [-0.15, -0.1) is 0 Å². The van der Waals surface area contributed by atoms with E-state index < -0.39 is 5.97 Å². The number of aromatic hydroxyl groups is 1. The summed E-state index contributed by atoms with van der Waals surface area (Å²) < 4.78 is 0. The minimum absolute atomic E-state index is 0. The molecule has 0 aliphatic carbocycles. The molecule has 0 saturated carbocycles. The second-order valence-electron chi connectivity index (χ2n) is 1.82. The second-order valence-corrected chi connectivity index (χ2v) is 1.82. The number of phenols is 1. The number of benzene rings is 1. The molecule has 0 unspecified atom stereocenters. The molecule has 0 spiro atoms. The van der Waals surface area contributed by atoms with Crippen LogP contribution >= 0.6 is 0 Å². The van der Waals surface area contributed by atoms with Crippen LogP contribution in [0.4, 0.5) is 0 Å². The molecule has 0 fully saturated rings. The lowest BCUT2D eigenvalue weighted by Gasteiger charge is -1.95. The molecule has 1 radical (unpaired) electrons. The van der Waals surface area contributed by atoms with Crippen LogP contribution in [0.5, 0.6) is 5.75 Å². The monoisotopic (exact) mass is 153 g/mol. The number of rotatable bonds is 1. The molecule has 0 heterocycles. The van der Waals surface area contributed by atoms with E-state index in [1.165, 1.54) is 12.1 Å². The van der Waals surface area contributed by atoms with E-state index in [-0.39, 0.29) is 18.7 Å². The smallest absolute Gasteiger partial charge is 0.339 e. The van der Waals surface area contributed by atoms with Crippen LogP contribution in [0.15, 0.2) is 24.3 Å². The zero-order chi connectivity index (χ0) is 7.56. The van der Waals surface area contributed by atoms with E-state index in [1.54, 1.807) is 12.1 Å². The molecule has 59 valence electrons. The van der Waals surface area contributed by atoms with Gasteiger partial charge < -0.3 is 10.2 Å². The maximum Gasteiger partial charge on any atom is 0.339 e. The second kappa shape index (κ2) is 3.61. The number of hydrogen-bond donors (Lipinski definition) is 2. The largest absolute Gasteiger partial charge is 0.507 e. The summed E-state index contributed by atoms with van der Waals surface area (Å²) in [6.07, 6.45) is 0. The molecule has 0 atom stereocenters. The quantitative estimate of drug-likeness (QED) is 0.643. The maximum absolute atomic E-state index is 10.3. The summed E-state index contributed by atoms with van der Waals surface area (Å²) in [4.78, 5) is 10.3. The van der Waals surface area contributed by atoms with E-state index in [0.717, 1.165) is 0 Å². The van der Waals surface area contributed by atoms with Crippen LogP contribution in [-0.2, 0) is 0 Å². The maximum atomic E-state index is 10.3.